The van der Waals surface area contributed by atoms with Gasteiger partial charge in [-0.15, -0.1) is 0 Å². The minimum atomic E-state index is 0.800. The van der Waals surface area contributed by atoms with Crippen LogP contribution in [0.5, 0.6) is 0 Å². The van der Waals surface area contributed by atoms with Crippen LogP contribution in [0.3, 0.4) is 0 Å². The molecule has 0 saturated heterocycles. The molecule has 1 heterocycles. The molecule has 0 N–H and O–H groups in total. The third-order valence-corrected chi connectivity index (χ3v) is 1.99. The van der Waals surface area contributed by atoms with Crippen LogP contribution in [0.2, 0.25) is 0 Å². The average molecular weight is 156 g/mol. The Morgan fingerprint density at radius 2 is 2.00 bits per heavy atom. The number of pyridine rings is 1. The van der Waals surface area contributed by atoms with Gasteiger partial charge in [0, 0.05) is 11.6 Å². The fourth-order valence-electron chi connectivity index (χ4n) is 1.37. The van der Waals surface area contributed by atoms with E-state index in [2.05, 4.69) is 30.1 Å². The van der Waals surface area contributed by atoms with Crippen LogP contribution in [0.15, 0.2) is 36.5 Å². The summed E-state index contributed by atoms with van der Waals surface area (Å²) < 4.78 is 0. The van der Waals surface area contributed by atoms with Crippen LogP contribution in [0.25, 0.3) is 10.9 Å². The lowest BCUT2D eigenvalue weighted by molar-refractivity contribution is 1.26. The monoisotopic (exact) mass is 156 g/mol. The van der Waals surface area contributed by atoms with Gasteiger partial charge in [-0.2, -0.15) is 0 Å². The second kappa shape index (κ2) is 2.94. The number of para-hydroxylation sites is 1. The summed E-state index contributed by atoms with van der Waals surface area (Å²) >= 11 is 0. The van der Waals surface area contributed by atoms with Crippen LogP contribution in [-0.4, -0.2) is 4.98 Å². The Morgan fingerprint density at radius 1 is 1.17 bits per heavy atom. The van der Waals surface area contributed by atoms with Gasteiger partial charge in [0.1, 0.15) is 0 Å². The van der Waals surface area contributed by atoms with Crippen molar-refractivity contribution in [3.8, 4) is 0 Å². The maximum atomic E-state index is 4.31. The van der Waals surface area contributed by atoms with E-state index in [0.717, 1.165) is 11.9 Å². The second-order valence-corrected chi connectivity index (χ2v) is 2.74. The molecule has 0 spiro atoms. The topological polar surface area (TPSA) is 12.9 Å². The Hall–Kier alpha value is -1.37. The molecular formula is C11H10N. The van der Waals surface area contributed by atoms with Crippen molar-refractivity contribution in [3.05, 3.63) is 49.0 Å². The molecule has 0 fully saturated rings. The van der Waals surface area contributed by atoms with Crippen molar-refractivity contribution in [1.29, 1.82) is 0 Å². The first kappa shape index (κ1) is 7.29. The highest BCUT2D eigenvalue weighted by Crippen LogP contribution is 2.15. The van der Waals surface area contributed by atoms with E-state index in [1.165, 1.54) is 10.9 Å². The highest BCUT2D eigenvalue weighted by atomic mass is 14.6. The number of hydrogen-bond donors (Lipinski definition) is 0. The molecule has 1 heteroatoms. The van der Waals surface area contributed by atoms with Gasteiger partial charge in [-0.05, 0) is 25.0 Å². The van der Waals surface area contributed by atoms with Crippen molar-refractivity contribution in [2.45, 2.75) is 6.42 Å². The highest BCUT2D eigenvalue weighted by Gasteiger charge is 1.97. The number of hydrogen-bond acceptors (Lipinski definition) is 1. The molecule has 1 radical (unpaired) electrons. The van der Waals surface area contributed by atoms with Crippen LogP contribution in [0, 0.1) is 6.92 Å². The van der Waals surface area contributed by atoms with Crippen molar-refractivity contribution in [2.24, 2.45) is 0 Å². The number of nitrogens with zero attached hydrogens (tertiary/aromatic N) is 1. The third kappa shape index (κ3) is 1.07. The molecule has 1 aromatic carbocycles. The van der Waals surface area contributed by atoms with Crippen LogP contribution in [-0.2, 0) is 6.42 Å². The molecule has 0 aliphatic carbocycles. The standard InChI is InChI=1S/C11H10N/c1-2-9-5-3-6-10-7-4-8-12-11(9)10/h3-8H,1-2H2. The van der Waals surface area contributed by atoms with E-state index >= 15 is 0 Å². The molecule has 1 aromatic heterocycles. The smallest absolute Gasteiger partial charge is 0.0733 e. The number of rotatable bonds is 1. The summed E-state index contributed by atoms with van der Waals surface area (Å²) in [5, 5.41) is 1.19. The molecule has 0 bridgehead atoms. The van der Waals surface area contributed by atoms with E-state index in [-0.39, 0.29) is 0 Å². The van der Waals surface area contributed by atoms with Crippen molar-refractivity contribution >= 4 is 10.9 Å². The number of benzene rings is 1. The average Bonchev–Trinajstić information content (AvgIpc) is 2.17. The Morgan fingerprint density at radius 3 is 2.83 bits per heavy atom. The molecule has 0 amide bonds. The summed E-state index contributed by atoms with van der Waals surface area (Å²) in [6.07, 6.45) is 2.62. The van der Waals surface area contributed by atoms with Gasteiger partial charge in [0.25, 0.3) is 0 Å². The van der Waals surface area contributed by atoms with Crippen LogP contribution >= 0.6 is 0 Å². The lowest BCUT2D eigenvalue weighted by Gasteiger charge is -2.00. The maximum absolute atomic E-state index is 4.31. The molecule has 0 aliphatic heterocycles. The summed E-state index contributed by atoms with van der Waals surface area (Å²) in [7, 11) is 0. The first-order chi connectivity index (χ1) is 5.92. The summed E-state index contributed by atoms with van der Waals surface area (Å²) in [5.41, 5.74) is 2.29. The minimum absolute atomic E-state index is 0.800. The zero-order chi connectivity index (χ0) is 8.39. The van der Waals surface area contributed by atoms with Gasteiger partial charge in [-0.25, -0.2) is 0 Å². The van der Waals surface area contributed by atoms with Crippen molar-refractivity contribution < 1.29 is 0 Å². The molecule has 2 aromatic rings. The van der Waals surface area contributed by atoms with Gasteiger partial charge >= 0.3 is 0 Å². The van der Waals surface area contributed by atoms with Gasteiger partial charge in [0.05, 0.1) is 5.52 Å². The minimum Gasteiger partial charge on any atom is -0.256 e. The zero-order valence-electron chi connectivity index (χ0n) is 6.83. The first-order valence-electron chi connectivity index (χ1n) is 4.03. The lowest BCUT2D eigenvalue weighted by atomic mass is 10.1. The fraction of sp³-hybridized carbons (Fsp3) is 0.0909. The summed E-state index contributed by atoms with van der Waals surface area (Å²) in [6.45, 7) is 3.87. The molecule has 12 heavy (non-hydrogen) atoms. The predicted octanol–water partition coefficient (Wildman–Crippen LogP) is 2.61. The van der Waals surface area contributed by atoms with Crippen LogP contribution in [0.1, 0.15) is 5.56 Å². The number of aromatic nitrogens is 1. The first-order valence-corrected chi connectivity index (χ1v) is 4.03. The summed E-state index contributed by atoms with van der Waals surface area (Å²) in [5.74, 6) is 0. The molecule has 0 aliphatic rings. The van der Waals surface area contributed by atoms with E-state index in [9.17, 15) is 0 Å². The Bertz CT molecular complexity index is 388. The quantitative estimate of drug-likeness (QED) is 0.618. The predicted molar refractivity (Wildman–Crippen MR) is 50.8 cm³/mol. The highest BCUT2D eigenvalue weighted by molar-refractivity contribution is 5.81. The lowest BCUT2D eigenvalue weighted by Crippen LogP contribution is -1.85. The van der Waals surface area contributed by atoms with E-state index in [1.807, 2.05) is 18.3 Å². The van der Waals surface area contributed by atoms with Gasteiger partial charge in [0.2, 0.25) is 0 Å². The van der Waals surface area contributed by atoms with E-state index < -0.39 is 0 Å². The van der Waals surface area contributed by atoms with E-state index in [0.29, 0.717) is 0 Å². The van der Waals surface area contributed by atoms with Crippen molar-refractivity contribution in [3.63, 3.8) is 0 Å². The summed E-state index contributed by atoms with van der Waals surface area (Å²) in [4.78, 5) is 4.31. The van der Waals surface area contributed by atoms with Gasteiger partial charge in [0.15, 0.2) is 0 Å². The SMILES string of the molecule is [CH2]Cc1cccc2cccnc12. The van der Waals surface area contributed by atoms with Crippen molar-refractivity contribution in [2.75, 3.05) is 0 Å². The Balaban J connectivity index is 2.79. The van der Waals surface area contributed by atoms with E-state index in [1.54, 1.807) is 0 Å². The normalized spacial score (nSPS) is 10.4. The molecule has 0 atom stereocenters. The molecule has 1 nitrogen and oxygen atoms in total. The largest absolute Gasteiger partial charge is 0.256 e. The fourth-order valence-corrected chi connectivity index (χ4v) is 1.37. The third-order valence-electron chi connectivity index (χ3n) is 1.99. The Kier molecular flexibility index (Phi) is 1.78. The summed E-state index contributed by atoms with van der Waals surface area (Å²) in [6, 6.07) is 10.2. The van der Waals surface area contributed by atoms with Gasteiger partial charge < -0.3 is 0 Å². The van der Waals surface area contributed by atoms with Crippen molar-refractivity contribution in [1.82, 2.24) is 4.98 Å². The Labute approximate surface area is 72.1 Å². The second-order valence-electron chi connectivity index (χ2n) is 2.74. The molecular weight excluding hydrogens is 146 g/mol. The zero-order valence-corrected chi connectivity index (χ0v) is 6.83. The van der Waals surface area contributed by atoms with Crippen LogP contribution < -0.4 is 0 Å². The van der Waals surface area contributed by atoms with Gasteiger partial charge in [-0.3, -0.25) is 4.98 Å². The molecule has 0 unspecified atom stereocenters. The van der Waals surface area contributed by atoms with Gasteiger partial charge in [-0.1, -0.05) is 24.3 Å². The van der Waals surface area contributed by atoms with E-state index in [4.69, 9.17) is 0 Å². The molecule has 59 valence electrons. The molecule has 2 rings (SSSR count). The molecule has 0 saturated carbocycles. The van der Waals surface area contributed by atoms with Crippen LogP contribution in [0.4, 0.5) is 0 Å². The number of fused-ring (bicyclic) bond motifs is 1. The maximum Gasteiger partial charge on any atom is 0.0733 e.